The second kappa shape index (κ2) is 5.07. The third-order valence-electron chi connectivity index (χ3n) is 2.94. The van der Waals surface area contributed by atoms with E-state index in [1.807, 2.05) is 6.92 Å². The van der Waals surface area contributed by atoms with E-state index in [2.05, 4.69) is 10.6 Å². The zero-order chi connectivity index (χ0) is 14.0. The summed E-state index contributed by atoms with van der Waals surface area (Å²) >= 11 is 0. The minimum Gasteiger partial charge on any atom is -0.376 e. The lowest BCUT2D eigenvalue weighted by molar-refractivity contribution is -0.114. The lowest BCUT2D eigenvalue weighted by Crippen LogP contribution is -2.53. The third kappa shape index (κ3) is 3.15. The molecule has 1 aliphatic rings. The number of nitrogens with one attached hydrogen (secondary N) is 2. The highest BCUT2D eigenvalue weighted by molar-refractivity contribution is 5.90. The Morgan fingerprint density at radius 3 is 2.63 bits per heavy atom. The van der Waals surface area contributed by atoms with Gasteiger partial charge in [0, 0.05) is 19.7 Å². The molecule has 1 aromatic rings. The number of hydrogen-bond acceptors (Lipinski definition) is 5. The van der Waals surface area contributed by atoms with E-state index in [0.717, 1.165) is 10.8 Å². The minimum atomic E-state index is -0.139. The van der Waals surface area contributed by atoms with Crippen LogP contribution in [-0.2, 0) is 9.53 Å². The summed E-state index contributed by atoms with van der Waals surface area (Å²) in [6.07, 6.45) is 0. The predicted molar refractivity (Wildman–Crippen MR) is 73.8 cm³/mol. The molecule has 0 radical (unpaired) electrons. The molecule has 1 saturated heterocycles. The summed E-state index contributed by atoms with van der Waals surface area (Å²) in [6, 6.07) is 5.29. The molecule has 0 aliphatic carbocycles. The highest BCUT2D eigenvalue weighted by atomic mass is 16.5. The van der Waals surface area contributed by atoms with Gasteiger partial charge < -0.3 is 15.4 Å². The van der Waals surface area contributed by atoms with Crippen LogP contribution in [0.4, 0.5) is 17.1 Å². The molecule has 104 valence electrons. The molecule has 3 N–H and O–H groups in total. The summed E-state index contributed by atoms with van der Waals surface area (Å²) in [5.74, 6) is -0.130. The molecule has 0 spiro atoms. The van der Waals surface area contributed by atoms with Crippen LogP contribution in [0.3, 0.4) is 0 Å². The molecule has 0 aromatic heterocycles. The summed E-state index contributed by atoms with van der Waals surface area (Å²) in [4.78, 5) is 11.1. The molecule has 2 rings (SSSR count). The summed E-state index contributed by atoms with van der Waals surface area (Å²) in [7, 11) is 1.55. The van der Waals surface area contributed by atoms with Crippen LogP contribution in [0.5, 0.6) is 0 Å². The molecule has 1 fully saturated rings. The number of carbonyl (C=O) groups is 1. The van der Waals surface area contributed by atoms with Crippen molar-refractivity contribution in [2.45, 2.75) is 19.4 Å². The maximum Gasteiger partial charge on any atom is 0.221 e. The highest BCUT2D eigenvalue weighted by Gasteiger charge is 2.33. The van der Waals surface area contributed by atoms with E-state index >= 15 is 0 Å². The zero-order valence-corrected chi connectivity index (χ0v) is 11.4. The van der Waals surface area contributed by atoms with Crippen molar-refractivity contribution in [3.8, 4) is 0 Å². The lowest BCUT2D eigenvalue weighted by Gasteiger charge is -2.40. The summed E-state index contributed by atoms with van der Waals surface area (Å²) < 4.78 is 5.20. The Kier molecular flexibility index (Phi) is 3.64. The highest BCUT2D eigenvalue weighted by Crippen LogP contribution is 2.32. The van der Waals surface area contributed by atoms with Crippen molar-refractivity contribution in [2.24, 2.45) is 0 Å². The standard InChI is InChI=1S/C13H19N3O3/c1-9(17)14-10-4-5-12(16(3)18)11(6-10)15-13(2)7-19-8-13/h4-6,15,18H,7-8H2,1-3H3,(H,14,17). The van der Waals surface area contributed by atoms with Crippen molar-refractivity contribution >= 4 is 23.0 Å². The van der Waals surface area contributed by atoms with Crippen LogP contribution in [0.2, 0.25) is 0 Å². The van der Waals surface area contributed by atoms with Gasteiger partial charge in [-0.15, -0.1) is 0 Å². The molecule has 0 atom stereocenters. The van der Waals surface area contributed by atoms with E-state index < -0.39 is 0 Å². The fourth-order valence-electron chi connectivity index (χ4n) is 2.00. The number of ether oxygens (including phenoxy) is 1. The van der Waals surface area contributed by atoms with Crippen molar-refractivity contribution in [3.63, 3.8) is 0 Å². The number of rotatable bonds is 4. The van der Waals surface area contributed by atoms with Crippen molar-refractivity contribution in [1.82, 2.24) is 0 Å². The van der Waals surface area contributed by atoms with Crippen molar-refractivity contribution in [2.75, 3.05) is 36.0 Å². The second-order valence-corrected chi connectivity index (χ2v) is 5.12. The Balaban J connectivity index is 2.27. The lowest BCUT2D eigenvalue weighted by atomic mass is 10.00. The van der Waals surface area contributed by atoms with Gasteiger partial charge in [-0.1, -0.05) is 0 Å². The minimum absolute atomic E-state index is 0.130. The zero-order valence-electron chi connectivity index (χ0n) is 11.4. The topological polar surface area (TPSA) is 73.8 Å². The van der Waals surface area contributed by atoms with Crippen LogP contribution < -0.4 is 15.7 Å². The normalized spacial score (nSPS) is 16.4. The van der Waals surface area contributed by atoms with Gasteiger partial charge in [0.1, 0.15) is 0 Å². The molecule has 1 aromatic carbocycles. The molecule has 0 unspecified atom stereocenters. The van der Waals surface area contributed by atoms with E-state index in [-0.39, 0.29) is 11.4 Å². The molecular weight excluding hydrogens is 246 g/mol. The average molecular weight is 265 g/mol. The Hall–Kier alpha value is -1.79. The van der Waals surface area contributed by atoms with Crippen molar-refractivity contribution < 1.29 is 14.7 Å². The van der Waals surface area contributed by atoms with Gasteiger partial charge in [0.15, 0.2) is 0 Å². The number of hydroxylamine groups is 1. The van der Waals surface area contributed by atoms with Crippen LogP contribution in [0.15, 0.2) is 18.2 Å². The molecule has 1 heterocycles. The number of anilines is 3. The first-order valence-electron chi connectivity index (χ1n) is 6.10. The van der Waals surface area contributed by atoms with Gasteiger partial charge in [0.25, 0.3) is 0 Å². The van der Waals surface area contributed by atoms with Gasteiger partial charge in [-0.25, -0.2) is 0 Å². The molecule has 1 amide bonds. The van der Waals surface area contributed by atoms with E-state index in [1.54, 1.807) is 25.2 Å². The number of amides is 1. The SMILES string of the molecule is CC(=O)Nc1ccc(N(C)O)c(NC2(C)COC2)c1. The molecule has 6 nitrogen and oxygen atoms in total. The molecule has 6 heteroatoms. The van der Waals surface area contributed by atoms with Crippen LogP contribution in [-0.4, -0.2) is 36.9 Å². The molecular formula is C13H19N3O3. The second-order valence-electron chi connectivity index (χ2n) is 5.12. The van der Waals surface area contributed by atoms with E-state index in [1.165, 1.54) is 6.92 Å². The van der Waals surface area contributed by atoms with E-state index in [0.29, 0.717) is 24.6 Å². The van der Waals surface area contributed by atoms with Crippen LogP contribution in [0.1, 0.15) is 13.8 Å². The molecule has 19 heavy (non-hydrogen) atoms. The Morgan fingerprint density at radius 1 is 1.47 bits per heavy atom. The van der Waals surface area contributed by atoms with Gasteiger partial charge in [-0.05, 0) is 25.1 Å². The van der Waals surface area contributed by atoms with Gasteiger partial charge in [0.05, 0.1) is 30.1 Å². The van der Waals surface area contributed by atoms with Gasteiger partial charge in [0.2, 0.25) is 5.91 Å². The quantitative estimate of drug-likeness (QED) is 0.722. The fourth-order valence-corrected chi connectivity index (χ4v) is 2.00. The van der Waals surface area contributed by atoms with E-state index in [9.17, 15) is 10.0 Å². The number of benzene rings is 1. The summed E-state index contributed by atoms with van der Waals surface area (Å²) in [6.45, 7) is 4.74. The Morgan fingerprint density at radius 2 is 2.16 bits per heavy atom. The monoisotopic (exact) mass is 265 g/mol. The average Bonchev–Trinajstić information content (AvgIpc) is 2.25. The summed E-state index contributed by atoms with van der Waals surface area (Å²) in [5, 5.41) is 16.7. The van der Waals surface area contributed by atoms with Gasteiger partial charge in [-0.2, -0.15) is 0 Å². The van der Waals surface area contributed by atoms with Crippen molar-refractivity contribution in [3.05, 3.63) is 18.2 Å². The molecule has 0 bridgehead atoms. The largest absolute Gasteiger partial charge is 0.376 e. The first-order chi connectivity index (χ1) is 8.89. The number of hydrogen-bond donors (Lipinski definition) is 3. The van der Waals surface area contributed by atoms with Gasteiger partial charge >= 0.3 is 0 Å². The maximum absolute atomic E-state index is 11.1. The Bertz CT molecular complexity index is 484. The Labute approximate surface area is 112 Å². The predicted octanol–water partition coefficient (Wildman–Crippen LogP) is 1.67. The number of carbonyl (C=O) groups excluding carboxylic acids is 1. The first kappa shape index (κ1) is 13.6. The molecule has 0 saturated carbocycles. The van der Waals surface area contributed by atoms with Crippen LogP contribution in [0.25, 0.3) is 0 Å². The van der Waals surface area contributed by atoms with E-state index in [4.69, 9.17) is 4.74 Å². The van der Waals surface area contributed by atoms with Gasteiger partial charge in [-0.3, -0.25) is 15.1 Å². The van der Waals surface area contributed by atoms with Crippen LogP contribution >= 0.6 is 0 Å². The summed E-state index contributed by atoms with van der Waals surface area (Å²) in [5.41, 5.74) is 1.94. The third-order valence-corrected chi connectivity index (χ3v) is 2.94. The number of nitrogens with zero attached hydrogens (tertiary/aromatic N) is 1. The molecule has 1 aliphatic heterocycles. The first-order valence-corrected chi connectivity index (χ1v) is 6.10. The fraction of sp³-hybridized carbons (Fsp3) is 0.462. The van der Waals surface area contributed by atoms with Crippen molar-refractivity contribution in [1.29, 1.82) is 0 Å². The maximum atomic E-state index is 11.1. The smallest absolute Gasteiger partial charge is 0.221 e. The van der Waals surface area contributed by atoms with Crippen LogP contribution in [0, 0.1) is 0 Å².